The first-order valence-electron chi connectivity index (χ1n) is 13.6. The van der Waals surface area contributed by atoms with Crippen molar-refractivity contribution in [3.63, 3.8) is 0 Å². The van der Waals surface area contributed by atoms with Crippen LogP contribution in [-0.4, -0.2) is 27.9 Å². The molecule has 218 valence electrons. The van der Waals surface area contributed by atoms with Crippen molar-refractivity contribution in [1.82, 2.24) is 20.4 Å². The monoisotopic (exact) mass is 578 g/mol. The number of carbonyl (C=O) groups excluding carboxylic acids is 1. The summed E-state index contributed by atoms with van der Waals surface area (Å²) in [5.74, 6) is -0.390. The molecule has 0 saturated heterocycles. The van der Waals surface area contributed by atoms with Crippen LogP contribution in [0.2, 0.25) is 0 Å². The van der Waals surface area contributed by atoms with E-state index in [0.29, 0.717) is 28.7 Å². The van der Waals surface area contributed by atoms with Gasteiger partial charge in [0.25, 0.3) is 5.91 Å². The Kier molecular flexibility index (Phi) is 8.03. The van der Waals surface area contributed by atoms with Crippen LogP contribution >= 0.6 is 0 Å². The molecule has 42 heavy (non-hydrogen) atoms. The minimum atomic E-state index is -4.80. The summed E-state index contributed by atoms with van der Waals surface area (Å²) in [6.45, 7) is 2.19. The van der Waals surface area contributed by atoms with Gasteiger partial charge in [0.1, 0.15) is 5.69 Å². The Bertz CT molecular complexity index is 1580. The van der Waals surface area contributed by atoms with Gasteiger partial charge in [0.2, 0.25) is 0 Å². The fourth-order valence-corrected chi connectivity index (χ4v) is 4.83. The normalized spacial score (nSPS) is 19.5. The maximum Gasteiger partial charge on any atom is 0.435 e. The highest BCUT2D eigenvalue weighted by Crippen LogP contribution is 2.37. The Morgan fingerprint density at radius 3 is 2.60 bits per heavy atom. The molecule has 11 heteroatoms. The van der Waals surface area contributed by atoms with Gasteiger partial charge >= 0.3 is 6.18 Å². The Morgan fingerprint density at radius 2 is 1.95 bits per heavy atom. The van der Waals surface area contributed by atoms with Crippen LogP contribution in [0.4, 0.5) is 17.6 Å². The highest BCUT2D eigenvalue weighted by molar-refractivity contribution is 5.94. The molecule has 0 radical (unpaired) electrons. The van der Waals surface area contributed by atoms with Gasteiger partial charge in [-0.25, -0.2) is 9.07 Å². The van der Waals surface area contributed by atoms with Crippen LogP contribution in [0.15, 0.2) is 78.0 Å². The number of hydrogen-bond donors (Lipinski definition) is 3. The zero-order valence-electron chi connectivity index (χ0n) is 22.9. The number of hydrogen-bond acceptors (Lipinski definition) is 5. The highest BCUT2D eigenvalue weighted by Gasteiger charge is 2.38. The first-order chi connectivity index (χ1) is 20.0. The predicted octanol–water partition coefficient (Wildman–Crippen LogP) is 5.63. The standard InChI is InChI=1S/C31H30F4N6O/c1-30(32)12-11-23(28(38-18-20-5-6-20)22-9-7-19(16-36)8-10-22)14-26(30)39-29(42)25-15-27(31(33,34)35)40-41(25)24-4-2-3-21(13-24)17-37/h2-4,7-11,13-15,20,28,38H,5-6,12,17-18,37H2,1H3,(H,39,42). The number of nitrogens with zero attached hydrogens (tertiary/aromatic N) is 3. The number of aromatic nitrogens is 2. The number of allylic oxidation sites excluding steroid dienone is 2. The van der Waals surface area contributed by atoms with Crippen LogP contribution in [0.5, 0.6) is 0 Å². The summed E-state index contributed by atoms with van der Waals surface area (Å²) in [5, 5.41) is 18.9. The summed E-state index contributed by atoms with van der Waals surface area (Å²) in [4.78, 5) is 13.5. The van der Waals surface area contributed by atoms with Gasteiger partial charge in [-0.1, -0.05) is 30.3 Å². The number of nitrogens with one attached hydrogen (secondary N) is 2. The van der Waals surface area contributed by atoms with Gasteiger partial charge in [-0.2, -0.15) is 23.5 Å². The van der Waals surface area contributed by atoms with Crippen molar-refractivity contribution in [2.45, 2.75) is 50.6 Å². The Hall–Kier alpha value is -4.27. The van der Waals surface area contributed by atoms with Crippen molar-refractivity contribution >= 4 is 5.91 Å². The summed E-state index contributed by atoms with van der Waals surface area (Å²) in [6.07, 6.45) is 0.661. The number of alkyl halides is 4. The van der Waals surface area contributed by atoms with Crippen LogP contribution in [0, 0.1) is 17.2 Å². The molecule has 1 amide bonds. The maximum atomic E-state index is 15.8. The van der Waals surface area contributed by atoms with Crippen molar-refractivity contribution in [3.05, 3.63) is 106 Å². The number of halogens is 4. The van der Waals surface area contributed by atoms with Gasteiger partial charge in [-0.3, -0.25) is 4.79 Å². The van der Waals surface area contributed by atoms with Gasteiger partial charge in [0.05, 0.1) is 29.1 Å². The third-order valence-electron chi connectivity index (χ3n) is 7.48. The van der Waals surface area contributed by atoms with Gasteiger partial charge in [-0.15, -0.1) is 0 Å². The molecule has 0 aliphatic heterocycles. The third kappa shape index (κ3) is 6.45. The predicted molar refractivity (Wildman–Crippen MR) is 149 cm³/mol. The SMILES string of the molecule is CC1(F)CC=C(C(NCC2CC2)c2ccc(C#N)cc2)C=C1NC(=O)c1cc(C(F)(F)F)nn1-c1cccc(CN)c1. The summed E-state index contributed by atoms with van der Waals surface area (Å²) in [7, 11) is 0. The van der Waals surface area contributed by atoms with E-state index in [2.05, 4.69) is 21.8 Å². The van der Waals surface area contributed by atoms with Crippen LogP contribution in [0.1, 0.15) is 65.1 Å². The molecule has 2 unspecified atom stereocenters. The number of carbonyl (C=O) groups is 1. The smallest absolute Gasteiger partial charge is 0.326 e. The maximum absolute atomic E-state index is 15.8. The molecule has 7 nitrogen and oxygen atoms in total. The second kappa shape index (κ2) is 11.5. The van der Waals surface area contributed by atoms with Crippen molar-refractivity contribution in [1.29, 1.82) is 5.26 Å². The van der Waals surface area contributed by atoms with E-state index in [4.69, 9.17) is 5.73 Å². The molecule has 1 aromatic heterocycles. The van der Waals surface area contributed by atoms with E-state index in [1.807, 2.05) is 12.1 Å². The van der Waals surface area contributed by atoms with E-state index < -0.39 is 29.1 Å². The minimum Gasteiger partial charge on any atom is -0.326 e. The summed E-state index contributed by atoms with van der Waals surface area (Å²) in [5.41, 5.74) is 4.89. The third-order valence-corrected chi connectivity index (χ3v) is 7.48. The van der Waals surface area contributed by atoms with Gasteiger partial charge in [-0.05, 0) is 79.3 Å². The molecule has 0 spiro atoms. The molecule has 2 aliphatic carbocycles. The number of amides is 1. The van der Waals surface area contributed by atoms with Gasteiger partial charge in [0.15, 0.2) is 11.4 Å². The summed E-state index contributed by atoms with van der Waals surface area (Å²) in [6, 6.07) is 15.8. The van der Waals surface area contributed by atoms with Gasteiger partial charge < -0.3 is 16.4 Å². The lowest BCUT2D eigenvalue weighted by molar-refractivity contribution is -0.141. The Labute approximate surface area is 240 Å². The fourth-order valence-electron chi connectivity index (χ4n) is 4.83. The van der Waals surface area contributed by atoms with E-state index >= 15 is 4.39 Å². The zero-order valence-corrected chi connectivity index (χ0v) is 22.9. The average molecular weight is 579 g/mol. The molecule has 4 N–H and O–H groups in total. The average Bonchev–Trinajstić information content (AvgIpc) is 3.68. The Morgan fingerprint density at radius 1 is 1.21 bits per heavy atom. The first-order valence-corrected chi connectivity index (χ1v) is 13.6. The second-order valence-electron chi connectivity index (χ2n) is 10.8. The van der Waals surface area contributed by atoms with E-state index in [-0.39, 0.29) is 30.4 Å². The van der Waals surface area contributed by atoms with Gasteiger partial charge in [0, 0.05) is 19.0 Å². The van der Waals surface area contributed by atoms with Crippen molar-refractivity contribution in [3.8, 4) is 11.8 Å². The topological polar surface area (TPSA) is 109 Å². The quantitative estimate of drug-likeness (QED) is 0.285. The molecule has 5 rings (SSSR count). The summed E-state index contributed by atoms with van der Waals surface area (Å²) >= 11 is 0. The second-order valence-corrected chi connectivity index (χ2v) is 10.8. The lowest BCUT2D eigenvalue weighted by Crippen LogP contribution is -2.38. The lowest BCUT2D eigenvalue weighted by atomic mass is 9.86. The van der Waals surface area contributed by atoms with E-state index in [1.165, 1.54) is 25.1 Å². The van der Waals surface area contributed by atoms with E-state index in [1.54, 1.807) is 30.3 Å². The fraction of sp³-hybridized carbons (Fsp3) is 0.323. The van der Waals surface area contributed by atoms with Crippen LogP contribution in [0.3, 0.4) is 0 Å². The number of nitriles is 1. The van der Waals surface area contributed by atoms with E-state index in [0.717, 1.165) is 29.6 Å². The molecule has 0 bridgehead atoms. The Balaban J connectivity index is 1.48. The highest BCUT2D eigenvalue weighted by atomic mass is 19.4. The van der Waals surface area contributed by atoms with Crippen molar-refractivity contribution in [2.75, 3.05) is 6.54 Å². The number of rotatable bonds is 9. The molecule has 2 atom stereocenters. The molecule has 1 fully saturated rings. The lowest BCUT2D eigenvalue weighted by Gasteiger charge is -2.31. The number of benzene rings is 2. The van der Waals surface area contributed by atoms with Crippen molar-refractivity contribution < 1.29 is 22.4 Å². The molecular formula is C31H30F4N6O. The van der Waals surface area contributed by atoms with E-state index in [9.17, 15) is 23.2 Å². The first kappa shape index (κ1) is 29.2. The van der Waals surface area contributed by atoms with Crippen LogP contribution in [0.25, 0.3) is 5.69 Å². The molecular weight excluding hydrogens is 548 g/mol. The van der Waals surface area contributed by atoms with Crippen molar-refractivity contribution in [2.24, 2.45) is 11.7 Å². The molecule has 2 aliphatic rings. The van der Waals surface area contributed by atoms with Crippen LogP contribution in [-0.2, 0) is 12.7 Å². The van der Waals surface area contributed by atoms with Crippen LogP contribution < -0.4 is 16.4 Å². The summed E-state index contributed by atoms with van der Waals surface area (Å²) < 4.78 is 57.6. The molecule has 1 saturated carbocycles. The molecule has 3 aromatic rings. The largest absolute Gasteiger partial charge is 0.435 e. The zero-order chi connectivity index (χ0) is 30.1. The molecule has 1 heterocycles. The number of nitrogens with two attached hydrogens (primary N) is 1. The minimum absolute atomic E-state index is 0.0576. The molecule has 2 aromatic carbocycles.